The third-order valence-corrected chi connectivity index (χ3v) is 5.56. The number of pyridine rings is 2. The van der Waals surface area contributed by atoms with Crippen LogP contribution in [0, 0.1) is 5.82 Å². The zero-order valence-corrected chi connectivity index (χ0v) is 16.1. The number of allylic oxidation sites excluding steroid dienone is 1. The van der Waals surface area contributed by atoms with Crippen LogP contribution in [0.5, 0.6) is 0 Å². The standard InChI is InChI=1S/C22H22FN5O/c23-17-3-1-10-28-14-19(26-22(17)28)16-13-15-4-7-21(25-18(15)5-6-20(16)29)27-11-2-8-24-9-12-27/h1,3-4,7,10,13-14,24H,2,5-6,8-9,11-12H2. The minimum absolute atomic E-state index is 0.00679. The Morgan fingerprint density at radius 1 is 1.07 bits per heavy atom. The van der Waals surface area contributed by atoms with Gasteiger partial charge in [0.05, 0.1) is 11.4 Å². The Labute approximate surface area is 168 Å². The van der Waals surface area contributed by atoms with Gasteiger partial charge < -0.3 is 14.6 Å². The van der Waals surface area contributed by atoms with Gasteiger partial charge in [0, 0.05) is 44.0 Å². The Hall–Kier alpha value is -3.06. The molecule has 1 aliphatic heterocycles. The third kappa shape index (κ3) is 3.42. The van der Waals surface area contributed by atoms with Crippen molar-refractivity contribution in [2.45, 2.75) is 19.3 Å². The molecule has 1 aliphatic carbocycles. The number of ketones is 1. The van der Waals surface area contributed by atoms with E-state index in [1.54, 1.807) is 22.9 Å². The molecule has 0 bridgehead atoms. The van der Waals surface area contributed by atoms with E-state index in [0.717, 1.165) is 49.7 Å². The van der Waals surface area contributed by atoms with E-state index in [0.29, 0.717) is 24.1 Å². The highest BCUT2D eigenvalue weighted by Gasteiger charge is 2.22. The van der Waals surface area contributed by atoms with E-state index in [1.165, 1.54) is 6.07 Å². The largest absolute Gasteiger partial charge is 0.355 e. The van der Waals surface area contributed by atoms with E-state index in [9.17, 15) is 9.18 Å². The molecule has 1 saturated heterocycles. The maximum Gasteiger partial charge on any atom is 0.173 e. The lowest BCUT2D eigenvalue weighted by molar-refractivity contribution is -0.113. The van der Waals surface area contributed by atoms with Crippen LogP contribution in [0.3, 0.4) is 0 Å². The summed E-state index contributed by atoms with van der Waals surface area (Å²) >= 11 is 0. The van der Waals surface area contributed by atoms with Gasteiger partial charge in [0.2, 0.25) is 0 Å². The SMILES string of the molecule is O=C1CCc2nc(N3CCCNCC3)ccc2C=C1c1cn2cccc(F)c2n1. The van der Waals surface area contributed by atoms with Gasteiger partial charge in [-0.15, -0.1) is 0 Å². The normalized spacial score (nSPS) is 17.6. The molecule has 3 aromatic heterocycles. The lowest BCUT2D eigenvalue weighted by Crippen LogP contribution is -2.28. The van der Waals surface area contributed by atoms with Crippen LogP contribution in [-0.4, -0.2) is 46.3 Å². The number of aromatic nitrogens is 3. The first kappa shape index (κ1) is 18.0. The van der Waals surface area contributed by atoms with Crippen LogP contribution in [0.2, 0.25) is 0 Å². The number of hydrogen-bond donors (Lipinski definition) is 1. The molecular weight excluding hydrogens is 369 g/mol. The second kappa shape index (κ2) is 7.40. The number of anilines is 1. The van der Waals surface area contributed by atoms with Gasteiger partial charge >= 0.3 is 0 Å². The van der Waals surface area contributed by atoms with Crippen LogP contribution in [0.4, 0.5) is 10.2 Å². The van der Waals surface area contributed by atoms with Crippen molar-refractivity contribution >= 4 is 28.9 Å². The topological polar surface area (TPSA) is 62.5 Å². The summed E-state index contributed by atoms with van der Waals surface area (Å²) < 4.78 is 15.6. The molecule has 6 nitrogen and oxygen atoms in total. The summed E-state index contributed by atoms with van der Waals surface area (Å²) in [4.78, 5) is 24.4. The average Bonchev–Trinajstić information content (AvgIpc) is 2.89. The molecule has 0 saturated carbocycles. The predicted molar refractivity (Wildman–Crippen MR) is 110 cm³/mol. The lowest BCUT2D eigenvalue weighted by atomic mass is 10.1. The van der Waals surface area contributed by atoms with Crippen molar-refractivity contribution in [3.05, 3.63) is 59.4 Å². The summed E-state index contributed by atoms with van der Waals surface area (Å²) in [5.74, 6) is 0.568. The monoisotopic (exact) mass is 391 g/mol. The van der Waals surface area contributed by atoms with Crippen LogP contribution in [0.25, 0.3) is 17.3 Å². The van der Waals surface area contributed by atoms with Gasteiger partial charge in [0.25, 0.3) is 0 Å². The zero-order valence-electron chi connectivity index (χ0n) is 16.1. The van der Waals surface area contributed by atoms with Crippen LogP contribution in [0.1, 0.15) is 29.8 Å². The molecule has 5 rings (SSSR count). The Morgan fingerprint density at radius 2 is 2.00 bits per heavy atom. The lowest BCUT2D eigenvalue weighted by Gasteiger charge is -2.22. The highest BCUT2D eigenvalue weighted by Crippen LogP contribution is 2.28. The number of carbonyl (C=O) groups excluding carboxylic acids is 1. The summed E-state index contributed by atoms with van der Waals surface area (Å²) in [5.41, 5.74) is 3.10. The predicted octanol–water partition coefficient (Wildman–Crippen LogP) is 2.72. The summed E-state index contributed by atoms with van der Waals surface area (Å²) in [6.45, 7) is 3.89. The van der Waals surface area contributed by atoms with Crippen molar-refractivity contribution in [1.29, 1.82) is 0 Å². The Morgan fingerprint density at radius 3 is 2.90 bits per heavy atom. The number of imidazole rings is 1. The molecule has 0 atom stereocenters. The minimum atomic E-state index is -0.404. The third-order valence-electron chi connectivity index (χ3n) is 5.56. The van der Waals surface area contributed by atoms with E-state index in [-0.39, 0.29) is 11.4 Å². The molecule has 148 valence electrons. The molecule has 7 heteroatoms. The van der Waals surface area contributed by atoms with Gasteiger partial charge in [-0.2, -0.15) is 0 Å². The van der Waals surface area contributed by atoms with Crippen LogP contribution in [0.15, 0.2) is 36.7 Å². The zero-order chi connectivity index (χ0) is 19.8. The first-order valence-electron chi connectivity index (χ1n) is 10.0. The molecule has 1 N–H and O–H groups in total. The van der Waals surface area contributed by atoms with Gasteiger partial charge in [-0.1, -0.05) is 0 Å². The Balaban J connectivity index is 1.52. The molecule has 1 fully saturated rings. The average molecular weight is 391 g/mol. The molecule has 0 amide bonds. The van der Waals surface area contributed by atoms with Crippen LogP contribution in [-0.2, 0) is 11.2 Å². The number of aryl methyl sites for hydroxylation is 1. The molecule has 0 aromatic carbocycles. The fourth-order valence-corrected chi connectivity index (χ4v) is 4.01. The number of hydrogen-bond acceptors (Lipinski definition) is 5. The van der Waals surface area contributed by atoms with Crippen molar-refractivity contribution < 1.29 is 9.18 Å². The number of nitrogens with zero attached hydrogens (tertiary/aromatic N) is 4. The highest BCUT2D eigenvalue weighted by molar-refractivity contribution is 6.25. The maximum atomic E-state index is 14.0. The molecule has 0 unspecified atom stereocenters. The summed E-state index contributed by atoms with van der Waals surface area (Å²) in [7, 11) is 0. The number of fused-ring (bicyclic) bond motifs is 2. The molecule has 0 radical (unpaired) electrons. The fraction of sp³-hybridized carbons (Fsp3) is 0.318. The van der Waals surface area contributed by atoms with E-state index in [1.807, 2.05) is 18.2 Å². The van der Waals surface area contributed by atoms with Crippen molar-refractivity contribution in [3.8, 4) is 0 Å². The molecule has 3 aromatic rings. The molecule has 4 heterocycles. The summed E-state index contributed by atoms with van der Waals surface area (Å²) in [6, 6.07) is 7.05. The quantitative estimate of drug-likeness (QED) is 0.728. The molecule has 2 aliphatic rings. The summed E-state index contributed by atoms with van der Waals surface area (Å²) in [6.07, 6.45) is 7.34. The highest BCUT2D eigenvalue weighted by atomic mass is 19.1. The van der Waals surface area contributed by atoms with Crippen molar-refractivity contribution in [2.24, 2.45) is 0 Å². The number of Topliss-reactive ketones (excluding diaryl/α,β-unsaturated/α-hetero) is 1. The fourth-order valence-electron chi connectivity index (χ4n) is 4.01. The second-order valence-electron chi connectivity index (χ2n) is 7.49. The summed E-state index contributed by atoms with van der Waals surface area (Å²) in [5, 5.41) is 3.40. The minimum Gasteiger partial charge on any atom is -0.355 e. The first-order chi connectivity index (χ1) is 14.2. The number of halogens is 1. The van der Waals surface area contributed by atoms with Gasteiger partial charge in [-0.25, -0.2) is 14.4 Å². The van der Waals surface area contributed by atoms with Crippen molar-refractivity contribution in [2.75, 3.05) is 31.1 Å². The Kier molecular flexibility index (Phi) is 4.60. The van der Waals surface area contributed by atoms with Crippen LogP contribution >= 0.6 is 0 Å². The van der Waals surface area contributed by atoms with Crippen molar-refractivity contribution in [3.63, 3.8) is 0 Å². The van der Waals surface area contributed by atoms with Crippen LogP contribution < -0.4 is 10.2 Å². The van der Waals surface area contributed by atoms with E-state index < -0.39 is 5.82 Å². The molecule has 0 spiro atoms. The number of carbonyl (C=O) groups is 1. The van der Waals surface area contributed by atoms with E-state index in [4.69, 9.17) is 4.98 Å². The Bertz CT molecular complexity index is 1110. The first-order valence-corrected chi connectivity index (χ1v) is 10.0. The molecule has 29 heavy (non-hydrogen) atoms. The van der Waals surface area contributed by atoms with Gasteiger partial charge in [-0.3, -0.25) is 4.79 Å². The van der Waals surface area contributed by atoms with Gasteiger partial charge in [0.15, 0.2) is 17.2 Å². The number of nitrogens with one attached hydrogen (secondary N) is 1. The molecular formula is C22H22FN5O. The number of rotatable bonds is 2. The van der Waals surface area contributed by atoms with E-state index >= 15 is 0 Å². The van der Waals surface area contributed by atoms with E-state index in [2.05, 4.69) is 15.2 Å². The van der Waals surface area contributed by atoms with Crippen molar-refractivity contribution in [1.82, 2.24) is 19.7 Å². The smallest absolute Gasteiger partial charge is 0.173 e. The van der Waals surface area contributed by atoms with Gasteiger partial charge in [0.1, 0.15) is 5.82 Å². The van der Waals surface area contributed by atoms with Gasteiger partial charge in [-0.05, 0) is 55.3 Å². The second-order valence-corrected chi connectivity index (χ2v) is 7.49. The maximum absolute atomic E-state index is 14.0.